The maximum Gasteiger partial charge on any atom is 0.0558 e. The highest BCUT2D eigenvalue weighted by atomic mass is 16.5. The summed E-state index contributed by atoms with van der Waals surface area (Å²) in [5.41, 5.74) is 8.78. The average molecular weight is 507 g/mol. The fourth-order valence-electron chi connectivity index (χ4n) is 5.21. The first-order valence-electron chi connectivity index (χ1n) is 14.3. The van der Waals surface area contributed by atoms with Crippen molar-refractivity contribution >= 4 is 0 Å². The first kappa shape index (κ1) is 31.6. The maximum atomic E-state index is 6.52. The molecule has 0 aliphatic rings. The fraction of sp³-hybridized carbons (Fsp3) is 0.667. The average Bonchev–Trinajstić information content (AvgIpc) is 2.70. The lowest BCUT2D eigenvalue weighted by Crippen LogP contribution is -2.32. The lowest BCUT2D eigenvalue weighted by atomic mass is 9.72. The van der Waals surface area contributed by atoms with Crippen LogP contribution in [-0.2, 0) is 37.2 Å². The van der Waals surface area contributed by atoms with E-state index in [1.165, 1.54) is 33.4 Å². The van der Waals surface area contributed by atoms with E-state index < -0.39 is 0 Å². The van der Waals surface area contributed by atoms with Gasteiger partial charge in [-0.2, -0.15) is 0 Å². The summed E-state index contributed by atoms with van der Waals surface area (Å²) in [5.74, 6) is 0. The third-order valence-corrected chi connectivity index (χ3v) is 7.76. The maximum absolute atomic E-state index is 6.52. The van der Waals surface area contributed by atoms with Crippen LogP contribution in [0.3, 0.4) is 0 Å². The smallest absolute Gasteiger partial charge is 0.0558 e. The summed E-state index contributed by atoms with van der Waals surface area (Å²) in [5, 5.41) is 0. The molecule has 208 valence electrons. The summed E-state index contributed by atoms with van der Waals surface area (Å²) in [4.78, 5) is 0. The van der Waals surface area contributed by atoms with Crippen molar-refractivity contribution in [1.82, 2.24) is 0 Å². The molecule has 2 rings (SSSR count). The molecule has 0 saturated heterocycles. The van der Waals surface area contributed by atoms with Gasteiger partial charge in [-0.15, -0.1) is 0 Å². The molecule has 0 bridgehead atoms. The predicted octanol–water partition coefficient (Wildman–Crippen LogP) is 10.1. The molecule has 37 heavy (non-hydrogen) atoms. The SMILES string of the molecule is CC(C)(C)c1ccc(C(C)(C)COCC(C)(C)c2ccc(C(C)(C)C)c(C(C)(C)C)c2)cc1C(C)(C)C. The number of hydrogen-bond acceptors (Lipinski definition) is 1. The predicted molar refractivity (Wildman–Crippen MR) is 165 cm³/mol. The van der Waals surface area contributed by atoms with Crippen LogP contribution < -0.4 is 0 Å². The molecule has 0 N–H and O–H groups in total. The zero-order chi connectivity index (χ0) is 28.8. The van der Waals surface area contributed by atoms with E-state index in [2.05, 4.69) is 147 Å². The Balaban J connectivity index is 2.30. The van der Waals surface area contributed by atoms with Gasteiger partial charge in [-0.3, -0.25) is 0 Å². The van der Waals surface area contributed by atoms with E-state index in [1.54, 1.807) is 0 Å². The first-order chi connectivity index (χ1) is 16.4. The molecule has 1 nitrogen and oxygen atoms in total. The van der Waals surface area contributed by atoms with Crippen molar-refractivity contribution in [2.24, 2.45) is 0 Å². The van der Waals surface area contributed by atoms with E-state index in [-0.39, 0.29) is 32.5 Å². The van der Waals surface area contributed by atoms with Crippen LogP contribution in [0.2, 0.25) is 0 Å². The Kier molecular flexibility index (Phi) is 8.70. The minimum atomic E-state index is -0.0703. The molecule has 0 amide bonds. The van der Waals surface area contributed by atoms with E-state index in [1.807, 2.05) is 0 Å². The van der Waals surface area contributed by atoms with Crippen molar-refractivity contribution in [3.05, 3.63) is 69.8 Å². The third-order valence-electron chi connectivity index (χ3n) is 7.76. The van der Waals surface area contributed by atoms with Crippen LogP contribution in [0.4, 0.5) is 0 Å². The molecule has 0 unspecified atom stereocenters. The summed E-state index contributed by atoms with van der Waals surface area (Å²) in [6, 6.07) is 14.2. The monoisotopic (exact) mass is 506 g/mol. The Morgan fingerprint density at radius 3 is 0.919 bits per heavy atom. The Hall–Kier alpha value is -1.60. The molecule has 0 heterocycles. The summed E-state index contributed by atoms with van der Waals surface area (Å²) in [7, 11) is 0. The molecular weight excluding hydrogens is 448 g/mol. The number of rotatable bonds is 6. The Morgan fingerprint density at radius 2 is 0.676 bits per heavy atom. The number of ether oxygens (including phenoxy) is 1. The van der Waals surface area contributed by atoms with Gasteiger partial charge in [-0.25, -0.2) is 0 Å². The molecule has 0 radical (unpaired) electrons. The lowest BCUT2D eigenvalue weighted by molar-refractivity contribution is 0.0633. The van der Waals surface area contributed by atoms with Crippen LogP contribution >= 0.6 is 0 Å². The molecule has 2 aromatic carbocycles. The topological polar surface area (TPSA) is 9.23 Å². The van der Waals surface area contributed by atoms with Crippen LogP contribution in [0.5, 0.6) is 0 Å². The van der Waals surface area contributed by atoms with Gasteiger partial charge < -0.3 is 4.74 Å². The van der Waals surface area contributed by atoms with Crippen molar-refractivity contribution in [2.45, 2.75) is 143 Å². The third kappa shape index (κ3) is 7.72. The van der Waals surface area contributed by atoms with Gasteiger partial charge >= 0.3 is 0 Å². The minimum absolute atomic E-state index is 0.0703. The molecule has 2 aromatic rings. The van der Waals surface area contributed by atoms with Crippen molar-refractivity contribution in [3.63, 3.8) is 0 Å². The minimum Gasteiger partial charge on any atom is -0.380 e. The van der Waals surface area contributed by atoms with Crippen LogP contribution in [0.25, 0.3) is 0 Å². The van der Waals surface area contributed by atoms with Crippen molar-refractivity contribution in [1.29, 1.82) is 0 Å². The van der Waals surface area contributed by atoms with E-state index in [4.69, 9.17) is 4.74 Å². The van der Waals surface area contributed by atoms with E-state index in [9.17, 15) is 0 Å². The zero-order valence-corrected chi connectivity index (χ0v) is 27.3. The largest absolute Gasteiger partial charge is 0.380 e. The van der Waals surface area contributed by atoms with Gasteiger partial charge in [0.1, 0.15) is 0 Å². The molecule has 0 spiro atoms. The quantitative estimate of drug-likeness (QED) is 0.378. The summed E-state index contributed by atoms with van der Waals surface area (Å²) in [6.45, 7) is 38.5. The van der Waals surface area contributed by atoms with Crippen molar-refractivity contribution < 1.29 is 4.74 Å². The normalized spacial score (nSPS) is 14.3. The Labute approximate surface area is 230 Å². The van der Waals surface area contributed by atoms with E-state index >= 15 is 0 Å². The van der Waals surface area contributed by atoms with Crippen molar-refractivity contribution in [2.75, 3.05) is 13.2 Å². The Bertz CT molecular complexity index is 982. The second kappa shape index (κ2) is 10.2. The molecule has 0 aliphatic carbocycles. The second-order valence-corrected chi connectivity index (χ2v) is 16.8. The van der Waals surface area contributed by atoms with E-state index in [0.29, 0.717) is 13.2 Å². The second-order valence-electron chi connectivity index (χ2n) is 16.8. The summed E-state index contributed by atoms with van der Waals surface area (Å²) in [6.07, 6.45) is 0. The van der Waals surface area contributed by atoms with Gasteiger partial charge in [0.05, 0.1) is 13.2 Å². The molecule has 0 aromatic heterocycles. The highest BCUT2D eigenvalue weighted by Gasteiger charge is 2.31. The van der Waals surface area contributed by atoms with Gasteiger partial charge in [0.15, 0.2) is 0 Å². The zero-order valence-electron chi connectivity index (χ0n) is 27.3. The molecule has 0 saturated carbocycles. The van der Waals surface area contributed by atoms with Crippen molar-refractivity contribution in [3.8, 4) is 0 Å². The van der Waals surface area contributed by atoms with Crippen LogP contribution in [0.1, 0.15) is 144 Å². The lowest BCUT2D eigenvalue weighted by Gasteiger charge is -2.35. The molecule has 0 atom stereocenters. The number of benzene rings is 2. The molecule has 0 fully saturated rings. The number of hydrogen-bond donors (Lipinski definition) is 0. The van der Waals surface area contributed by atoms with Crippen LogP contribution in [0, 0.1) is 0 Å². The Morgan fingerprint density at radius 1 is 0.405 bits per heavy atom. The standard InChI is InChI=1S/C36H58O/c1-31(2,3)27-19-17-25(21-29(27)33(7,8)9)35(13,14)23-37-24-36(15,16)26-18-20-28(32(4,5)6)30(22-26)34(10,11)12/h17-22H,23-24H2,1-16H3. The molecule has 0 aliphatic heterocycles. The van der Waals surface area contributed by atoms with Gasteiger partial charge in [0, 0.05) is 10.8 Å². The molecule has 1 heteroatoms. The van der Waals surface area contributed by atoms with Crippen LogP contribution in [0.15, 0.2) is 36.4 Å². The van der Waals surface area contributed by atoms with Gasteiger partial charge in [-0.05, 0) is 55.0 Å². The van der Waals surface area contributed by atoms with Crippen LogP contribution in [-0.4, -0.2) is 13.2 Å². The summed E-state index contributed by atoms with van der Waals surface area (Å²) < 4.78 is 6.52. The summed E-state index contributed by atoms with van der Waals surface area (Å²) >= 11 is 0. The highest BCUT2D eigenvalue weighted by Crippen LogP contribution is 2.39. The van der Waals surface area contributed by atoms with Gasteiger partial charge in [0.2, 0.25) is 0 Å². The first-order valence-corrected chi connectivity index (χ1v) is 14.3. The van der Waals surface area contributed by atoms with E-state index in [0.717, 1.165) is 0 Å². The highest BCUT2D eigenvalue weighted by molar-refractivity contribution is 5.44. The molecular formula is C36H58O. The van der Waals surface area contributed by atoms with Gasteiger partial charge in [0.25, 0.3) is 0 Å². The fourth-order valence-corrected chi connectivity index (χ4v) is 5.21. The van der Waals surface area contributed by atoms with Gasteiger partial charge in [-0.1, -0.05) is 147 Å².